The van der Waals surface area contributed by atoms with Crippen LogP contribution >= 0.6 is 0 Å². The molecule has 0 heterocycles. The van der Waals surface area contributed by atoms with Crippen molar-refractivity contribution in [1.29, 1.82) is 0 Å². The molecule has 1 aromatic carbocycles. The van der Waals surface area contributed by atoms with E-state index < -0.39 is 0 Å². The molecule has 106 valence electrons. The lowest BCUT2D eigenvalue weighted by Crippen LogP contribution is -2.41. The molecule has 0 aliphatic rings. The van der Waals surface area contributed by atoms with Gasteiger partial charge in [-0.1, -0.05) is 18.2 Å². The first kappa shape index (κ1) is 15.3. The van der Waals surface area contributed by atoms with Crippen LogP contribution in [-0.2, 0) is 6.54 Å². The summed E-state index contributed by atoms with van der Waals surface area (Å²) in [6, 6.07) is 7.45. The van der Waals surface area contributed by atoms with Crippen LogP contribution in [0.25, 0.3) is 0 Å². The van der Waals surface area contributed by atoms with E-state index in [4.69, 9.17) is 9.84 Å². The van der Waals surface area contributed by atoms with Gasteiger partial charge in [-0.25, -0.2) is 4.79 Å². The number of para-hydroxylation sites is 1. The Morgan fingerprint density at radius 2 is 2.11 bits per heavy atom. The molecule has 0 fully saturated rings. The maximum atomic E-state index is 11.9. The quantitative estimate of drug-likeness (QED) is 0.788. The van der Waals surface area contributed by atoms with Crippen LogP contribution in [0.15, 0.2) is 24.3 Å². The fraction of sp³-hybridized carbons (Fsp3) is 0.500. The van der Waals surface area contributed by atoms with Crippen molar-refractivity contribution < 1.29 is 14.6 Å². The predicted molar refractivity (Wildman–Crippen MR) is 74.2 cm³/mol. The molecule has 0 aliphatic carbocycles. The van der Waals surface area contributed by atoms with Gasteiger partial charge >= 0.3 is 6.03 Å². The second kappa shape index (κ2) is 8.37. The van der Waals surface area contributed by atoms with Gasteiger partial charge in [0.25, 0.3) is 0 Å². The predicted octanol–water partition coefficient (Wildman–Crippen LogP) is 1.61. The molecule has 0 saturated carbocycles. The molecule has 0 saturated heterocycles. The number of hydrogen-bond acceptors (Lipinski definition) is 3. The van der Waals surface area contributed by atoms with Crippen molar-refractivity contribution in [2.75, 3.05) is 26.3 Å². The fourth-order valence-electron chi connectivity index (χ4n) is 1.75. The largest absolute Gasteiger partial charge is 0.494 e. The first-order valence-corrected chi connectivity index (χ1v) is 6.57. The standard InChI is InChI=1S/C14H22N2O3/c1-3-16(9-10-17)14(18)15-11-12-7-5-6-8-13(12)19-4-2/h5-8,17H,3-4,9-11H2,1-2H3,(H,15,18). The third-order valence-electron chi connectivity index (χ3n) is 2.74. The highest BCUT2D eigenvalue weighted by atomic mass is 16.5. The number of hydrogen-bond donors (Lipinski definition) is 2. The van der Waals surface area contributed by atoms with Crippen molar-refractivity contribution in [3.05, 3.63) is 29.8 Å². The summed E-state index contributed by atoms with van der Waals surface area (Å²) in [5.41, 5.74) is 0.942. The topological polar surface area (TPSA) is 61.8 Å². The summed E-state index contributed by atoms with van der Waals surface area (Å²) in [6.45, 7) is 5.69. The van der Waals surface area contributed by atoms with Gasteiger partial charge in [-0.05, 0) is 19.9 Å². The molecule has 1 aromatic rings. The summed E-state index contributed by atoms with van der Waals surface area (Å²) in [7, 11) is 0. The first-order valence-electron chi connectivity index (χ1n) is 6.57. The number of ether oxygens (including phenoxy) is 1. The number of rotatable bonds is 7. The van der Waals surface area contributed by atoms with Crippen molar-refractivity contribution >= 4 is 6.03 Å². The summed E-state index contributed by atoms with van der Waals surface area (Å²) >= 11 is 0. The number of nitrogens with zero attached hydrogens (tertiary/aromatic N) is 1. The molecule has 0 unspecified atom stereocenters. The van der Waals surface area contributed by atoms with Gasteiger partial charge in [0.05, 0.1) is 13.2 Å². The fourth-order valence-corrected chi connectivity index (χ4v) is 1.75. The highest BCUT2D eigenvalue weighted by Gasteiger charge is 2.11. The summed E-state index contributed by atoms with van der Waals surface area (Å²) in [4.78, 5) is 13.4. The Bertz CT molecular complexity index is 396. The number of urea groups is 1. The molecular weight excluding hydrogens is 244 g/mol. The Hall–Kier alpha value is -1.75. The van der Waals surface area contributed by atoms with Crippen molar-refractivity contribution in [2.24, 2.45) is 0 Å². The zero-order chi connectivity index (χ0) is 14.1. The highest BCUT2D eigenvalue weighted by Crippen LogP contribution is 2.17. The SMILES string of the molecule is CCOc1ccccc1CNC(=O)N(CC)CCO. The summed E-state index contributed by atoms with van der Waals surface area (Å²) in [6.07, 6.45) is 0. The molecular formula is C14H22N2O3. The van der Waals surface area contributed by atoms with Crippen LogP contribution < -0.4 is 10.1 Å². The zero-order valence-corrected chi connectivity index (χ0v) is 11.6. The van der Waals surface area contributed by atoms with E-state index in [1.54, 1.807) is 4.90 Å². The van der Waals surface area contributed by atoms with Gasteiger partial charge in [0.2, 0.25) is 0 Å². The summed E-state index contributed by atoms with van der Waals surface area (Å²) in [5, 5.41) is 11.7. The van der Waals surface area contributed by atoms with Crippen molar-refractivity contribution in [3.63, 3.8) is 0 Å². The molecule has 0 radical (unpaired) electrons. The van der Waals surface area contributed by atoms with Crippen LogP contribution in [0.2, 0.25) is 0 Å². The monoisotopic (exact) mass is 266 g/mol. The number of amides is 2. The Labute approximate surface area is 114 Å². The van der Waals surface area contributed by atoms with Crippen molar-refractivity contribution in [1.82, 2.24) is 10.2 Å². The third kappa shape index (κ3) is 4.79. The van der Waals surface area contributed by atoms with Gasteiger partial charge in [0.1, 0.15) is 5.75 Å². The number of nitrogens with one attached hydrogen (secondary N) is 1. The van der Waals surface area contributed by atoms with Gasteiger partial charge < -0.3 is 20.1 Å². The molecule has 2 N–H and O–H groups in total. The Balaban J connectivity index is 2.58. The van der Waals surface area contributed by atoms with E-state index in [0.29, 0.717) is 26.2 Å². The van der Waals surface area contributed by atoms with Crippen molar-refractivity contribution in [2.45, 2.75) is 20.4 Å². The van der Waals surface area contributed by atoms with Crippen molar-refractivity contribution in [3.8, 4) is 5.75 Å². The Morgan fingerprint density at radius 1 is 1.37 bits per heavy atom. The van der Waals surface area contributed by atoms with Gasteiger partial charge in [-0.2, -0.15) is 0 Å². The first-order chi connectivity index (χ1) is 9.22. The number of aliphatic hydroxyl groups is 1. The Morgan fingerprint density at radius 3 is 2.74 bits per heavy atom. The Kier molecular flexibility index (Phi) is 6.74. The molecule has 1 rings (SSSR count). The third-order valence-corrected chi connectivity index (χ3v) is 2.74. The molecule has 0 atom stereocenters. The van der Waals surface area contributed by atoms with Crippen LogP contribution in [0.5, 0.6) is 5.75 Å². The van der Waals surface area contributed by atoms with Crippen LogP contribution in [0.4, 0.5) is 4.79 Å². The lowest BCUT2D eigenvalue weighted by atomic mass is 10.2. The van der Waals surface area contributed by atoms with Gasteiger partial charge in [-0.3, -0.25) is 0 Å². The van der Waals surface area contributed by atoms with Crippen LogP contribution in [-0.4, -0.2) is 42.3 Å². The number of benzene rings is 1. The maximum Gasteiger partial charge on any atom is 0.317 e. The van der Waals surface area contributed by atoms with E-state index in [1.807, 2.05) is 38.1 Å². The average molecular weight is 266 g/mol. The minimum absolute atomic E-state index is 0.0310. The molecule has 0 spiro atoms. The molecule has 5 heteroatoms. The normalized spacial score (nSPS) is 10.1. The molecule has 0 aliphatic heterocycles. The van der Waals surface area contributed by atoms with E-state index in [0.717, 1.165) is 11.3 Å². The molecule has 0 aromatic heterocycles. The van der Waals surface area contributed by atoms with Crippen LogP contribution in [0.1, 0.15) is 19.4 Å². The molecule has 19 heavy (non-hydrogen) atoms. The molecule has 5 nitrogen and oxygen atoms in total. The number of carbonyl (C=O) groups excluding carboxylic acids is 1. The van der Waals surface area contributed by atoms with Gasteiger partial charge in [-0.15, -0.1) is 0 Å². The maximum absolute atomic E-state index is 11.9. The molecule has 0 bridgehead atoms. The van der Waals surface area contributed by atoms with E-state index in [-0.39, 0.29) is 12.6 Å². The lowest BCUT2D eigenvalue weighted by molar-refractivity contribution is 0.180. The van der Waals surface area contributed by atoms with E-state index in [2.05, 4.69) is 5.32 Å². The minimum atomic E-state index is -0.178. The summed E-state index contributed by atoms with van der Waals surface area (Å²) in [5.74, 6) is 0.788. The number of likely N-dealkylation sites (N-methyl/N-ethyl adjacent to an activating group) is 1. The van der Waals surface area contributed by atoms with Gasteiger partial charge in [0, 0.05) is 25.2 Å². The smallest absolute Gasteiger partial charge is 0.317 e. The van der Waals surface area contributed by atoms with E-state index in [9.17, 15) is 4.79 Å². The second-order valence-corrected chi connectivity index (χ2v) is 4.00. The average Bonchev–Trinajstić information content (AvgIpc) is 2.43. The lowest BCUT2D eigenvalue weighted by Gasteiger charge is -2.20. The van der Waals surface area contributed by atoms with E-state index >= 15 is 0 Å². The van der Waals surface area contributed by atoms with E-state index in [1.165, 1.54) is 0 Å². The van der Waals surface area contributed by atoms with Gasteiger partial charge in [0.15, 0.2) is 0 Å². The van der Waals surface area contributed by atoms with Crippen LogP contribution in [0.3, 0.4) is 0 Å². The number of aliphatic hydroxyl groups excluding tert-OH is 1. The number of carbonyl (C=O) groups is 1. The zero-order valence-electron chi connectivity index (χ0n) is 11.6. The molecule has 2 amide bonds. The summed E-state index contributed by atoms with van der Waals surface area (Å²) < 4.78 is 5.50. The highest BCUT2D eigenvalue weighted by molar-refractivity contribution is 5.74. The van der Waals surface area contributed by atoms with Crippen LogP contribution in [0, 0.1) is 0 Å². The second-order valence-electron chi connectivity index (χ2n) is 4.00. The minimum Gasteiger partial charge on any atom is -0.494 e.